The van der Waals surface area contributed by atoms with Crippen molar-refractivity contribution in [2.24, 2.45) is 5.41 Å². The summed E-state index contributed by atoms with van der Waals surface area (Å²) in [6.45, 7) is 3.53. The van der Waals surface area contributed by atoms with Crippen LogP contribution >= 0.6 is 0 Å². The number of hydrogen-bond donors (Lipinski definition) is 2. The highest BCUT2D eigenvalue weighted by Crippen LogP contribution is 2.35. The Labute approximate surface area is 101 Å². The number of nitrogens with one attached hydrogen (secondary N) is 1. The number of carbonyl (C=O) groups is 1. The van der Waals surface area contributed by atoms with Crippen LogP contribution in [0.4, 0.5) is 11.4 Å². The Kier molecular flexibility index (Phi) is 2.92. The van der Waals surface area contributed by atoms with Gasteiger partial charge in [0.15, 0.2) is 0 Å². The van der Waals surface area contributed by atoms with Gasteiger partial charge in [0.05, 0.1) is 23.0 Å². The number of nitrogen functional groups attached to an aromatic ring is 1. The van der Waals surface area contributed by atoms with Crippen molar-refractivity contribution in [1.82, 2.24) is 10.3 Å². The minimum atomic E-state index is -0.329. The summed E-state index contributed by atoms with van der Waals surface area (Å²) in [6, 6.07) is 1.89. The van der Waals surface area contributed by atoms with Crippen molar-refractivity contribution in [3.63, 3.8) is 0 Å². The average Bonchev–Trinajstić information content (AvgIpc) is 2.72. The van der Waals surface area contributed by atoms with Gasteiger partial charge in [-0.3, -0.25) is 9.78 Å². The Morgan fingerprint density at radius 2 is 2.41 bits per heavy atom. The third-order valence-electron chi connectivity index (χ3n) is 3.42. The van der Waals surface area contributed by atoms with E-state index in [9.17, 15) is 4.79 Å². The molecule has 2 heterocycles. The van der Waals surface area contributed by atoms with Gasteiger partial charge in [-0.2, -0.15) is 0 Å². The molecule has 0 saturated carbocycles. The van der Waals surface area contributed by atoms with E-state index < -0.39 is 0 Å². The first-order chi connectivity index (χ1) is 8.07. The van der Waals surface area contributed by atoms with E-state index in [0.29, 0.717) is 12.2 Å². The van der Waals surface area contributed by atoms with Gasteiger partial charge in [-0.1, -0.05) is 0 Å². The van der Waals surface area contributed by atoms with Crippen molar-refractivity contribution < 1.29 is 4.79 Å². The molecule has 1 atom stereocenters. The van der Waals surface area contributed by atoms with Gasteiger partial charge in [0.1, 0.15) is 0 Å². The van der Waals surface area contributed by atoms with Crippen LogP contribution in [0.2, 0.25) is 0 Å². The largest absolute Gasteiger partial charge is 0.396 e. The molecule has 17 heavy (non-hydrogen) atoms. The zero-order valence-electron chi connectivity index (χ0n) is 10.2. The molecule has 2 rings (SSSR count). The lowest BCUT2D eigenvalue weighted by Gasteiger charge is -2.24. The highest BCUT2D eigenvalue weighted by molar-refractivity contribution is 5.84. The monoisotopic (exact) mass is 234 g/mol. The number of nitrogens with zero attached hydrogens (tertiary/aromatic N) is 2. The molecule has 3 N–H and O–H groups in total. The van der Waals surface area contributed by atoms with Gasteiger partial charge >= 0.3 is 0 Å². The standard InChI is InChI=1S/C12H18N4O/c1-12(11(17)14-2)4-6-16(8-12)10-3-5-15-7-9(10)13/h3,5,7H,4,6,8,13H2,1-2H3,(H,14,17). The van der Waals surface area contributed by atoms with E-state index >= 15 is 0 Å². The van der Waals surface area contributed by atoms with Gasteiger partial charge in [0.25, 0.3) is 0 Å². The van der Waals surface area contributed by atoms with E-state index in [1.165, 1.54) is 0 Å². The number of rotatable bonds is 2. The second-order valence-corrected chi connectivity index (χ2v) is 4.75. The number of amides is 1. The predicted octanol–water partition coefficient (Wildman–Crippen LogP) is 0.626. The minimum Gasteiger partial charge on any atom is -0.396 e. The molecule has 1 aliphatic rings. The van der Waals surface area contributed by atoms with Gasteiger partial charge in [0.2, 0.25) is 5.91 Å². The van der Waals surface area contributed by atoms with Crippen molar-refractivity contribution in [2.75, 3.05) is 30.8 Å². The van der Waals surface area contributed by atoms with Crippen molar-refractivity contribution in [3.8, 4) is 0 Å². The lowest BCUT2D eigenvalue weighted by Crippen LogP contribution is -2.39. The Morgan fingerprint density at radius 1 is 1.65 bits per heavy atom. The summed E-state index contributed by atoms with van der Waals surface area (Å²) < 4.78 is 0. The van der Waals surface area contributed by atoms with Gasteiger partial charge in [0, 0.05) is 26.3 Å². The molecule has 1 unspecified atom stereocenters. The fourth-order valence-corrected chi connectivity index (χ4v) is 2.34. The molecular weight excluding hydrogens is 216 g/mol. The highest BCUT2D eigenvalue weighted by Gasteiger charge is 2.40. The van der Waals surface area contributed by atoms with Crippen LogP contribution < -0.4 is 16.0 Å². The molecule has 1 aliphatic heterocycles. The minimum absolute atomic E-state index is 0.0904. The molecule has 1 aromatic heterocycles. The normalized spacial score (nSPS) is 23.8. The molecule has 5 heteroatoms. The molecule has 0 bridgehead atoms. The van der Waals surface area contributed by atoms with E-state index in [1.807, 2.05) is 13.0 Å². The van der Waals surface area contributed by atoms with E-state index in [0.717, 1.165) is 18.7 Å². The van der Waals surface area contributed by atoms with Gasteiger partial charge in [-0.15, -0.1) is 0 Å². The van der Waals surface area contributed by atoms with E-state index in [1.54, 1.807) is 19.4 Å². The molecule has 0 radical (unpaired) electrons. The first-order valence-electron chi connectivity index (χ1n) is 5.73. The summed E-state index contributed by atoms with van der Waals surface area (Å²) in [4.78, 5) is 17.9. The van der Waals surface area contributed by atoms with Crippen molar-refractivity contribution in [1.29, 1.82) is 0 Å². The predicted molar refractivity (Wildman–Crippen MR) is 67.7 cm³/mol. The molecule has 92 valence electrons. The summed E-state index contributed by atoms with van der Waals surface area (Å²) >= 11 is 0. The summed E-state index contributed by atoms with van der Waals surface area (Å²) in [5, 5.41) is 2.72. The Bertz CT molecular complexity index is 434. The molecular formula is C12H18N4O. The molecule has 1 fully saturated rings. The quantitative estimate of drug-likeness (QED) is 0.787. The zero-order valence-corrected chi connectivity index (χ0v) is 10.2. The molecule has 1 aromatic rings. The van der Waals surface area contributed by atoms with Gasteiger partial charge in [-0.25, -0.2) is 0 Å². The van der Waals surface area contributed by atoms with Gasteiger partial charge < -0.3 is 16.0 Å². The van der Waals surface area contributed by atoms with E-state index in [-0.39, 0.29) is 11.3 Å². The number of anilines is 2. The molecule has 0 spiro atoms. The Hall–Kier alpha value is -1.78. The second-order valence-electron chi connectivity index (χ2n) is 4.75. The fraction of sp³-hybridized carbons (Fsp3) is 0.500. The fourth-order valence-electron chi connectivity index (χ4n) is 2.34. The lowest BCUT2D eigenvalue weighted by molar-refractivity contribution is -0.128. The Morgan fingerprint density at radius 3 is 3.06 bits per heavy atom. The third-order valence-corrected chi connectivity index (χ3v) is 3.42. The topological polar surface area (TPSA) is 71.2 Å². The third kappa shape index (κ3) is 2.05. The lowest BCUT2D eigenvalue weighted by atomic mass is 9.89. The maximum atomic E-state index is 11.8. The van der Waals surface area contributed by atoms with Crippen LogP contribution in [-0.4, -0.2) is 31.0 Å². The maximum absolute atomic E-state index is 11.8. The molecule has 0 aromatic carbocycles. The van der Waals surface area contributed by atoms with Crippen LogP contribution in [0.15, 0.2) is 18.5 Å². The number of carbonyl (C=O) groups excluding carboxylic acids is 1. The average molecular weight is 234 g/mol. The van der Waals surface area contributed by atoms with Crippen molar-refractivity contribution in [3.05, 3.63) is 18.5 Å². The zero-order chi connectivity index (χ0) is 12.5. The SMILES string of the molecule is CNC(=O)C1(C)CCN(c2ccncc2N)C1. The van der Waals surface area contributed by atoms with Crippen molar-refractivity contribution in [2.45, 2.75) is 13.3 Å². The summed E-state index contributed by atoms with van der Waals surface area (Å²) in [5.74, 6) is 0.0904. The maximum Gasteiger partial charge on any atom is 0.227 e. The summed E-state index contributed by atoms with van der Waals surface area (Å²) in [5.41, 5.74) is 7.19. The number of pyridine rings is 1. The molecule has 5 nitrogen and oxygen atoms in total. The van der Waals surface area contributed by atoms with Crippen molar-refractivity contribution >= 4 is 17.3 Å². The van der Waals surface area contributed by atoms with Crippen LogP contribution in [0.1, 0.15) is 13.3 Å². The molecule has 0 aliphatic carbocycles. The summed E-state index contributed by atoms with van der Waals surface area (Å²) in [7, 11) is 1.68. The second kappa shape index (κ2) is 4.24. The first kappa shape index (κ1) is 11.7. The number of nitrogens with two attached hydrogens (primary N) is 1. The van der Waals surface area contributed by atoms with Gasteiger partial charge in [-0.05, 0) is 19.4 Å². The van der Waals surface area contributed by atoms with Crippen LogP contribution in [0.25, 0.3) is 0 Å². The first-order valence-corrected chi connectivity index (χ1v) is 5.73. The Balaban J connectivity index is 2.18. The van der Waals surface area contributed by atoms with Crippen LogP contribution in [0.5, 0.6) is 0 Å². The van der Waals surface area contributed by atoms with Crippen LogP contribution in [0, 0.1) is 5.41 Å². The van der Waals surface area contributed by atoms with Crippen LogP contribution in [-0.2, 0) is 4.79 Å². The van der Waals surface area contributed by atoms with E-state index in [2.05, 4.69) is 15.2 Å². The smallest absolute Gasteiger partial charge is 0.227 e. The molecule has 1 saturated heterocycles. The van der Waals surface area contributed by atoms with Crippen LogP contribution in [0.3, 0.4) is 0 Å². The number of aromatic nitrogens is 1. The summed E-state index contributed by atoms with van der Waals surface area (Å²) in [6.07, 6.45) is 4.21. The van der Waals surface area contributed by atoms with E-state index in [4.69, 9.17) is 5.73 Å². The highest BCUT2D eigenvalue weighted by atomic mass is 16.2. The molecule has 1 amide bonds. The number of hydrogen-bond acceptors (Lipinski definition) is 4.